The lowest BCUT2D eigenvalue weighted by Crippen LogP contribution is -2.31. The number of hydrogen-bond donors (Lipinski definition) is 1. The van der Waals surface area contributed by atoms with Gasteiger partial charge in [-0.1, -0.05) is 76.6 Å². The lowest BCUT2D eigenvalue weighted by molar-refractivity contribution is -0.118. The van der Waals surface area contributed by atoms with Crippen LogP contribution >= 0.6 is 11.6 Å². The van der Waals surface area contributed by atoms with Crippen LogP contribution in [0.3, 0.4) is 0 Å². The molecule has 0 saturated heterocycles. The topological polar surface area (TPSA) is 57.6 Å². The fourth-order valence-corrected chi connectivity index (χ4v) is 4.11. The number of Topliss-reactive ketones (excluding diaryl/α,β-unsaturated/α-hetero) is 1. The minimum atomic E-state index is -0.704. The van der Waals surface area contributed by atoms with Crippen molar-refractivity contribution in [3.63, 3.8) is 0 Å². The van der Waals surface area contributed by atoms with E-state index in [0.29, 0.717) is 10.7 Å². The maximum Gasteiger partial charge on any atom is 0.294 e. The molecule has 0 fully saturated rings. The van der Waals surface area contributed by atoms with Gasteiger partial charge in [0.25, 0.3) is 5.91 Å². The third-order valence-electron chi connectivity index (χ3n) is 5.63. The van der Waals surface area contributed by atoms with E-state index < -0.39 is 17.7 Å². The highest BCUT2D eigenvalue weighted by molar-refractivity contribution is 6.31. The molecule has 1 heterocycles. The summed E-state index contributed by atoms with van der Waals surface area (Å²) in [6, 6.07) is 12.5. The number of hydrogen-bond acceptors (Lipinski definition) is 3. The summed E-state index contributed by atoms with van der Waals surface area (Å²) in [5.41, 5.74) is 3.47. The summed E-state index contributed by atoms with van der Waals surface area (Å²) in [5, 5.41) is 11.3. The summed E-state index contributed by atoms with van der Waals surface area (Å²) in [5.74, 6) is -1.17. The zero-order chi connectivity index (χ0) is 23.1. The van der Waals surface area contributed by atoms with E-state index in [-0.39, 0.29) is 29.1 Å². The predicted molar refractivity (Wildman–Crippen MR) is 126 cm³/mol. The van der Waals surface area contributed by atoms with Crippen LogP contribution in [0.15, 0.2) is 53.8 Å². The van der Waals surface area contributed by atoms with Crippen LogP contribution in [0.2, 0.25) is 5.02 Å². The van der Waals surface area contributed by atoms with Crippen LogP contribution in [-0.2, 0) is 15.0 Å². The maximum atomic E-state index is 13.2. The molecule has 1 N–H and O–H groups in total. The Balaban J connectivity index is 2.18. The number of anilines is 1. The number of aliphatic hydroxyl groups excluding tert-OH is 1. The summed E-state index contributed by atoms with van der Waals surface area (Å²) < 4.78 is 0. The molecule has 4 nitrogen and oxygen atoms in total. The third kappa shape index (κ3) is 4.54. The third-order valence-corrected chi connectivity index (χ3v) is 5.86. The number of aliphatic hydroxyl groups is 1. The van der Waals surface area contributed by atoms with Crippen LogP contribution in [0.4, 0.5) is 5.69 Å². The van der Waals surface area contributed by atoms with Gasteiger partial charge in [-0.3, -0.25) is 14.5 Å². The van der Waals surface area contributed by atoms with Gasteiger partial charge in [-0.05, 0) is 47.1 Å². The normalized spacial score (nSPS) is 17.1. The summed E-state index contributed by atoms with van der Waals surface area (Å²) >= 11 is 6.23. The Bertz CT molecular complexity index is 1050. The number of halogens is 1. The molecule has 1 aliphatic rings. The van der Waals surface area contributed by atoms with Crippen LogP contribution in [0.1, 0.15) is 63.8 Å². The zero-order valence-corrected chi connectivity index (χ0v) is 19.7. The fraction of sp³-hybridized carbons (Fsp3) is 0.385. The number of aryl methyl sites for hydroxylation is 1. The first-order valence-corrected chi connectivity index (χ1v) is 11.0. The lowest BCUT2D eigenvalue weighted by atomic mass is 9.85. The van der Waals surface area contributed by atoms with Gasteiger partial charge in [-0.15, -0.1) is 0 Å². The molecule has 1 amide bonds. The van der Waals surface area contributed by atoms with Crippen molar-refractivity contribution in [2.45, 2.75) is 59.4 Å². The number of ketones is 1. The molecule has 0 saturated carbocycles. The molecule has 2 aromatic carbocycles. The molecule has 1 atom stereocenters. The van der Waals surface area contributed by atoms with E-state index in [4.69, 9.17) is 11.6 Å². The summed E-state index contributed by atoms with van der Waals surface area (Å²) in [7, 11) is 0. The van der Waals surface area contributed by atoms with Crippen molar-refractivity contribution in [2.24, 2.45) is 5.92 Å². The van der Waals surface area contributed by atoms with Gasteiger partial charge in [-0.25, -0.2) is 0 Å². The first-order valence-electron chi connectivity index (χ1n) is 10.6. The number of carbonyl (C=O) groups excluding carboxylic acids is 2. The minimum absolute atomic E-state index is 0.0263. The van der Waals surface area contributed by atoms with Crippen LogP contribution in [0.25, 0.3) is 0 Å². The molecule has 0 spiro atoms. The first kappa shape index (κ1) is 23.1. The average molecular weight is 440 g/mol. The molecule has 1 unspecified atom stereocenters. The summed E-state index contributed by atoms with van der Waals surface area (Å²) in [6.07, 6.45) is 0.256. The SMILES string of the molecule is Cc1ccc(Cl)cc1N1C(=O)C(O)=C(C(=O)CC(C)C)C1c1ccc(C(C)(C)C)cc1. The predicted octanol–water partition coefficient (Wildman–Crippen LogP) is 6.46. The van der Waals surface area contributed by atoms with E-state index >= 15 is 0 Å². The summed E-state index contributed by atoms with van der Waals surface area (Å²) in [6.45, 7) is 12.2. The fourth-order valence-electron chi connectivity index (χ4n) is 3.94. The van der Waals surface area contributed by atoms with Gasteiger partial charge >= 0.3 is 0 Å². The van der Waals surface area contributed by atoms with Crippen molar-refractivity contribution >= 4 is 29.0 Å². The molecule has 0 aromatic heterocycles. The van der Waals surface area contributed by atoms with Gasteiger partial charge in [0, 0.05) is 17.1 Å². The average Bonchev–Trinajstić information content (AvgIpc) is 2.94. The van der Waals surface area contributed by atoms with Crippen LogP contribution < -0.4 is 4.90 Å². The highest BCUT2D eigenvalue weighted by atomic mass is 35.5. The molecule has 2 aromatic rings. The number of carbonyl (C=O) groups is 2. The van der Waals surface area contributed by atoms with Gasteiger partial charge < -0.3 is 5.11 Å². The Morgan fingerprint density at radius 2 is 1.74 bits per heavy atom. The Labute approximate surface area is 189 Å². The van der Waals surface area contributed by atoms with Gasteiger partial charge in [0.1, 0.15) is 0 Å². The van der Waals surface area contributed by atoms with Crippen molar-refractivity contribution in [3.8, 4) is 0 Å². The van der Waals surface area contributed by atoms with Crippen molar-refractivity contribution < 1.29 is 14.7 Å². The van der Waals surface area contributed by atoms with E-state index in [2.05, 4.69) is 20.8 Å². The number of benzene rings is 2. The Morgan fingerprint density at radius 3 is 2.29 bits per heavy atom. The van der Waals surface area contributed by atoms with Crippen molar-refractivity contribution in [1.29, 1.82) is 0 Å². The molecule has 164 valence electrons. The van der Waals surface area contributed by atoms with E-state index in [9.17, 15) is 14.7 Å². The van der Waals surface area contributed by atoms with E-state index in [1.54, 1.807) is 12.1 Å². The smallest absolute Gasteiger partial charge is 0.294 e. The molecular weight excluding hydrogens is 410 g/mol. The number of nitrogens with zero attached hydrogens (tertiary/aromatic N) is 1. The van der Waals surface area contributed by atoms with E-state index in [0.717, 1.165) is 16.7 Å². The zero-order valence-electron chi connectivity index (χ0n) is 19.0. The standard InChI is InChI=1S/C26H30ClNO3/c1-15(2)13-21(29)22-23(17-8-10-18(11-9-17)26(4,5)6)28(25(31)24(22)30)20-14-19(27)12-7-16(20)3/h7-12,14-15,23,30H,13H2,1-6H3. The van der Waals surface area contributed by atoms with Gasteiger partial charge in [0.15, 0.2) is 11.5 Å². The lowest BCUT2D eigenvalue weighted by Gasteiger charge is -2.29. The molecule has 5 heteroatoms. The quantitative estimate of drug-likeness (QED) is 0.581. The largest absolute Gasteiger partial charge is 0.503 e. The Hall–Kier alpha value is -2.59. The molecule has 0 radical (unpaired) electrons. The van der Waals surface area contributed by atoms with Crippen LogP contribution in [0, 0.1) is 12.8 Å². The molecule has 3 rings (SSSR count). The Morgan fingerprint density at radius 1 is 1.13 bits per heavy atom. The van der Waals surface area contributed by atoms with Gasteiger partial charge in [0.05, 0.1) is 11.6 Å². The monoisotopic (exact) mass is 439 g/mol. The second-order valence-electron chi connectivity index (χ2n) is 9.66. The van der Waals surface area contributed by atoms with Crippen molar-refractivity contribution in [1.82, 2.24) is 0 Å². The number of amides is 1. The number of rotatable bonds is 5. The highest BCUT2D eigenvalue weighted by Crippen LogP contribution is 2.43. The minimum Gasteiger partial charge on any atom is -0.503 e. The molecular formula is C26H30ClNO3. The molecule has 0 bridgehead atoms. The maximum absolute atomic E-state index is 13.2. The van der Waals surface area contributed by atoms with Gasteiger partial charge in [0.2, 0.25) is 0 Å². The molecule has 31 heavy (non-hydrogen) atoms. The van der Waals surface area contributed by atoms with Crippen LogP contribution in [-0.4, -0.2) is 16.8 Å². The van der Waals surface area contributed by atoms with Crippen LogP contribution in [0.5, 0.6) is 0 Å². The second kappa shape index (κ2) is 8.51. The van der Waals surface area contributed by atoms with E-state index in [1.807, 2.05) is 51.1 Å². The van der Waals surface area contributed by atoms with Crippen molar-refractivity contribution in [3.05, 3.63) is 75.5 Å². The summed E-state index contributed by atoms with van der Waals surface area (Å²) in [4.78, 5) is 27.8. The highest BCUT2D eigenvalue weighted by Gasteiger charge is 2.44. The molecule has 1 aliphatic heterocycles. The Kier molecular flexibility index (Phi) is 6.33. The van der Waals surface area contributed by atoms with E-state index in [1.165, 1.54) is 4.90 Å². The van der Waals surface area contributed by atoms with Gasteiger partial charge in [-0.2, -0.15) is 0 Å². The second-order valence-corrected chi connectivity index (χ2v) is 10.1. The molecule has 0 aliphatic carbocycles. The van der Waals surface area contributed by atoms with Crippen molar-refractivity contribution in [2.75, 3.05) is 4.90 Å². The first-order chi connectivity index (χ1) is 14.4.